The predicted octanol–water partition coefficient (Wildman–Crippen LogP) is 3.00. The summed E-state index contributed by atoms with van der Waals surface area (Å²) in [5, 5.41) is 3.42. The summed E-state index contributed by atoms with van der Waals surface area (Å²) in [5.41, 5.74) is 2.42. The normalized spacial score (nSPS) is 11.1. The van der Waals surface area contributed by atoms with Gasteiger partial charge in [0.25, 0.3) is 0 Å². The van der Waals surface area contributed by atoms with Crippen molar-refractivity contribution in [2.45, 2.75) is 12.8 Å². The first kappa shape index (κ1) is 21.4. The van der Waals surface area contributed by atoms with E-state index >= 15 is 0 Å². The SMILES string of the molecule is CN=C(NCCc1cccc(OC)c1)N(C)CCc1ccc(OC)c(OC)c1. The Hall–Kier alpha value is -2.89. The number of methoxy groups -OCH3 is 3. The van der Waals surface area contributed by atoms with Gasteiger partial charge in [-0.2, -0.15) is 0 Å². The van der Waals surface area contributed by atoms with E-state index in [1.165, 1.54) is 11.1 Å². The van der Waals surface area contributed by atoms with Crippen LogP contribution in [0.4, 0.5) is 0 Å². The van der Waals surface area contributed by atoms with Crippen molar-refractivity contribution in [3.05, 3.63) is 53.6 Å². The monoisotopic (exact) mass is 385 g/mol. The number of rotatable bonds is 9. The molecule has 0 spiro atoms. The number of ether oxygens (including phenoxy) is 3. The molecule has 0 saturated carbocycles. The first-order valence-corrected chi connectivity index (χ1v) is 9.37. The van der Waals surface area contributed by atoms with Crippen LogP contribution in [-0.2, 0) is 12.8 Å². The molecule has 0 aliphatic carbocycles. The van der Waals surface area contributed by atoms with Crippen LogP contribution < -0.4 is 19.5 Å². The highest BCUT2D eigenvalue weighted by Gasteiger charge is 2.08. The first-order chi connectivity index (χ1) is 13.6. The molecule has 2 aromatic carbocycles. The van der Waals surface area contributed by atoms with E-state index in [0.29, 0.717) is 0 Å². The summed E-state index contributed by atoms with van der Waals surface area (Å²) in [7, 11) is 8.84. The van der Waals surface area contributed by atoms with E-state index in [1.807, 2.05) is 31.3 Å². The van der Waals surface area contributed by atoms with Crippen LogP contribution in [-0.4, -0.2) is 59.4 Å². The fourth-order valence-electron chi connectivity index (χ4n) is 2.97. The molecule has 0 saturated heterocycles. The van der Waals surface area contributed by atoms with Gasteiger partial charge in [-0.05, 0) is 48.2 Å². The standard InChI is InChI=1S/C22H31N3O3/c1-23-22(24-13-11-17-7-6-8-19(15-17)26-3)25(2)14-12-18-9-10-20(27-4)21(16-18)28-5/h6-10,15-16H,11-14H2,1-5H3,(H,23,24). The molecule has 1 N–H and O–H groups in total. The number of benzene rings is 2. The minimum Gasteiger partial charge on any atom is -0.497 e. The lowest BCUT2D eigenvalue weighted by Gasteiger charge is -2.22. The molecule has 0 unspecified atom stereocenters. The van der Waals surface area contributed by atoms with Crippen molar-refractivity contribution in [3.63, 3.8) is 0 Å². The predicted molar refractivity (Wildman–Crippen MR) is 114 cm³/mol. The zero-order chi connectivity index (χ0) is 20.4. The molecule has 0 heterocycles. The minimum atomic E-state index is 0.745. The maximum absolute atomic E-state index is 5.38. The molecule has 6 heteroatoms. The summed E-state index contributed by atoms with van der Waals surface area (Å²) in [5.74, 6) is 3.26. The van der Waals surface area contributed by atoms with Crippen LogP contribution in [0.5, 0.6) is 17.2 Å². The second kappa shape index (κ2) is 11.1. The number of guanidine groups is 1. The Morgan fingerprint density at radius 2 is 1.68 bits per heavy atom. The van der Waals surface area contributed by atoms with Crippen molar-refractivity contribution < 1.29 is 14.2 Å². The molecule has 6 nitrogen and oxygen atoms in total. The van der Waals surface area contributed by atoms with Crippen molar-refractivity contribution >= 4 is 5.96 Å². The Kier molecular flexibility index (Phi) is 8.46. The molecule has 0 aliphatic heterocycles. The number of aliphatic imine (C=N–C) groups is 1. The van der Waals surface area contributed by atoms with Gasteiger partial charge in [-0.1, -0.05) is 18.2 Å². The van der Waals surface area contributed by atoms with Crippen LogP contribution in [0, 0.1) is 0 Å². The Morgan fingerprint density at radius 1 is 0.929 bits per heavy atom. The third-order valence-electron chi connectivity index (χ3n) is 4.59. The molecule has 0 atom stereocenters. The molecular weight excluding hydrogens is 354 g/mol. The summed E-state index contributed by atoms with van der Waals surface area (Å²) in [6, 6.07) is 14.2. The van der Waals surface area contributed by atoms with Gasteiger partial charge in [-0.15, -0.1) is 0 Å². The van der Waals surface area contributed by atoms with Gasteiger partial charge in [-0.3, -0.25) is 4.99 Å². The lowest BCUT2D eigenvalue weighted by molar-refractivity contribution is 0.354. The summed E-state index contributed by atoms with van der Waals surface area (Å²) in [6.45, 7) is 1.65. The Balaban J connectivity index is 1.85. The average Bonchev–Trinajstić information content (AvgIpc) is 2.74. The van der Waals surface area contributed by atoms with Crippen LogP contribution in [0.25, 0.3) is 0 Å². The van der Waals surface area contributed by atoms with Crippen molar-refractivity contribution in [1.29, 1.82) is 0 Å². The Bertz CT molecular complexity index is 777. The molecule has 0 fully saturated rings. The number of likely N-dealkylation sites (N-methyl/N-ethyl adjacent to an activating group) is 1. The summed E-state index contributed by atoms with van der Waals surface area (Å²) < 4.78 is 16.0. The van der Waals surface area contributed by atoms with Crippen molar-refractivity contribution in [3.8, 4) is 17.2 Å². The van der Waals surface area contributed by atoms with E-state index in [4.69, 9.17) is 14.2 Å². The molecule has 2 aromatic rings. The van der Waals surface area contributed by atoms with Crippen LogP contribution in [0.3, 0.4) is 0 Å². The molecule has 2 rings (SSSR count). The van der Waals surface area contributed by atoms with E-state index in [-0.39, 0.29) is 0 Å². The minimum absolute atomic E-state index is 0.745. The highest BCUT2D eigenvalue weighted by Crippen LogP contribution is 2.27. The van der Waals surface area contributed by atoms with Crippen LogP contribution in [0.1, 0.15) is 11.1 Å². The lowest BCUT2D eigenvalue weighted by atomic mass is 10.1. The Labute approximate surface area is 168 Å². The van der Waals surface area contributed by atoms with Crippen molar-refractivity contribution in [1.82, 2.24) is 10.2 Å². The quantitative estimate of drug-likeness (QED) is 0.531. The number of hydrogen-bond acceptors (Lipinski definition) is 4. The topological polar surface area (TPSA) is 55.3 Å². The van der Waals surface area contributed by atoms with Crippen LogP contribution in [0.2, 0.25) is 0 Å². The third-order valence-corrected chi connectivity index (χ3v) is 4.59. The van der Waals surface area contributed by atoms with Gasteiger partial charge in [0.1, 0.15) is 5.75 Å². The summed E-state index contributed by atoms with van der Waals surface area (Å²) >= 11 is 0. The van der Waals surface area contributed by atoms with Crippen molar-refractivity contribution in [2.24, 2.45) is 4.99 Å². The second-order valence-corrected chi connectivity index (χ2v) is 6.44. The maximum Gasteiger partial charge on any atom is 0.193 e. The van der Waals surface area contributed by atoms with Crippen LogP contribution in [0.15, 0.2) is 47.5 Å². The maximum atomic E-state index is 5.38. The Morgan fingerprint density at radius 3 is 2.36 bits per heavy atom. The third kappa shape index (κ3) is 6.08. The molecule has 0 amide bonds. The molecule has 28 heavy (non-hydrogen) atoms. The highest BCUT2D eigenvalue weighted by atomic mass is 16.5. The summed E-state index contributed by atoms with van der Waals surface area (Å²) in [6.07, 6.45) is 1.78. The van der Waals surface area contributed by atoms with E-state index in [9.17, 15) is 0 Å². The van der Waals surface area contributed by atoms with Gasteiger partial charge >= 0.3 is 0 Å². The number of nitrogens with zero attached hydrogens (tertiary/aromatic N) is 2. The van der Waals surface area contributed by atoms with Gasteiger partial charge in [0.05, 0.1) is 21.3 Å². The van der Waals surface area contributed by atoms with Gasteiger partial charge in [0, 0.05) is 27.2 Å². The van der Waals surface area contributed by atoms with Gasteiger partial charge in [0.2, 0.25) is 0 Å². The average molecular weight is 386 g/mol. The fraction of sp³-hybridized carbons (Fsp3) is 0.409. The highest BCUT2D eigenvalue weighted by molar-refractivity contribution is 5.79. The van der Waals surface area contributed by atoms with E-state index in [0.717, 1.165) is 49.1 Å². The number of hydrogen-bond donors (Lipinski definition) is 1. The molecular formula is C22H31N3O3. The van der Waals surface area contributed by atoms with Gasteiger partial charge in [0.15, 0.2) is 17.5 Å². The van der Waals surface area contributed by atoms with Crippen LogP contribution >= 0.6 is 0 Å². The molecule has 152 valence electrons. The van der Waals surface area contributed by atoms with E-state index in [2.05, 4.69) is 33.4 Å². The zero-order valence-corrected chi connectivity index (χ0v) is 17.5. The number of nitrogens with one attached hydrogen (secondary N) is 1. The molecule has 0 bridgehead atoms. The molecule has 0 radical (unpaired) electrons. The van der Waals surface area contributed by atoms with Gasteiger partial charge in [-0.25, -0.2) is 0 Å². The lowest BCUT2D eigenvalue weighted by Crippen LogP contribution is -2.40. The molecule has 0 aromatic heterocycles. The first-order valence-electron chi connectivity index (χ1n) is 9.37. The van der Waals surface area contributed by atoms with Crippen molar-refractivity contribution in [2.75, 3.05) is 48.5 Å². The zero-order valence-electron chi connectivity index (χ0n) is 17.5. The summed E-state index contributed by atoms with van der Waals surface area (Å²) in [4.78, 5) is 6.52. The molecule has 0 aliphatic rings. The largest absolute Gasteiger partial charge is 0.497 e. The van der Waals surface area contributed by atoms with Gasteiger partial charge < -0.3 is 24.4 Å². The van der Waals surface area contributed by atoms with E-state index < -0.39 is 0 Å². The second-order valence-electron chi connectivity index (χ2n) is 6.44. The van der Waals surface area contributed by atoms with E-state index in [1.54, 1.807) is 28.4 Å². The smallest absolute Gasteiger partial charge is 0.193 e. The fourth-order valence-corrected chi connectivity index (χ4v) is 2.97.